The molecule has 0 fully saturated rings. The van der Waals surface area contributed by atoms with Crippen LogP contribution in [0.15, 0.2) is 110 Å². The summed E-state index contributed by atoms with van der Waals surface area (Å²) >= 11 is 4.58. The van der Waals surface area contributed by atoms with E-state index >= 15 is 0 Å². The molecule has 14 nitrogen and oxygen atoms in total. The summed E-state index contributed by atoms with van der Waals surface area (Å²) in [6, 6.07) is 21.6. The van der Waals surface area contributed by atoms with E-state index in [1.807, 2.05) is 25.1 Å². The molecule has 0 spiro atoms. The van der Waals surface area contributed by atoms with Gasteiger partial charge in [0.05, 0.1) is 55.9 Å². The summed E-state index contributed by atoms with van der Waals surface area (Å²) in [5, 5.41) is 25.8. The zero-order chi connectivity index (χ0) is 37.1. The molecule has 1 aromatic heterocycles. The number of halogens is 1. The minimum atomic E-state index is -0.813. The summed E-state index contributed by atoms with van der Waals surface area (Å²) in [6.07, 6.45) is 1.63. The van der Waals surface area contributed by atoms with E-state index in [0.29, 0.717) is 54.2 Å². The van der Waals surface area contributed by atoms with Crippen LogP contribution in [-0.4, -0.2) is 34.0 Å². The van der Waals surface area contributed by atoms with Gasteiger partial charge in [0.1, 0.15) is 5.75 Å². The number of thiazole rings is 1. The van der Waals surface area contributed by atoms with Gasteiger partial charge < -0.3 is 19.5 Å². The van der Waals surface area contributed by atoms with Crippen LogP contribution in [0.4, 0.5) is 17.1 Å². The predicted molar refractivity (Wildman–Crippen MR) is 197 cm³/mol. The lowest BCUT2D eigenvalue weighted by Gasteiger charge is -2.25. The monoisotopic (exact) mass is 785 g/mol. The first-order valence-electron chi connectivity index (χ1n) is 15.6. The molecule has 0 unspecified atom stereocenters. The fraction of sp³-hybridized carbons (Fsp3) is 0.139. The molecule has 1 N–H and O–H groups in total. The number of nitro groups is 2. The second kappa shape index (κ2) is 15.0. The molecule has 0 saturated carbocycles. The molecule has 0 radical (unpaired) electrons. The molecule has 0 aliphatic carbocycles. The summed E-state index contributed by atoms with van der Waals surface area (Å²) in [4.78, 5) is 54.6. The first-order valence-corrected chi connectivity index (χ1v) is 17.2. The summed E-state index contributed by atoms with van der Waals surface area (Å²) < 4.78 is 19.1. The molecule has 1 aliphatic rings. The number of non-ortho nitro benzene ring substituents is 1. The molecule has 52 heavy (non-hydrogen) atoms. The third kappa shape index (κ3) is 7.19. The van der Waals surface area contributed by atoms with E-state index < -0.39 is 38.7 Å². The summed E-state index contributed by atoms with van der Waals surface area (Å²) in [5.74, 6) is 0.220. The van der Waals surface area contributed by atoms with Gasteiger partial charge in [-0.15, -0.1) is 0 Å². The fourth-order valence-corrected chi connectivity index (χ4v) is 7.18. The largest absolute Gasteiger partial charge is 0.494 e. The summed E-state index contributed by atoms with van der Waals surface area (Å²) in [6.45, 7) is 4.09. The van der Waals surface area contributed by atoms with Crippen LogP contribution in [0.5, 0.6) is 23.0 Å². The Morgan fingerprint density at radius 1 is 1.02 bits per heavy atom. The molecule has 16 heteroatoms. The molecular weight excluding hydrogens is 758 g/mol. The molecule has 0 bridgehead atoms. The van der Waals surface area contributed by atoms with Crippen molar-refractivity contribution in [1.29, 1.82) is 0 Å². The predicted octanol–water partition coefficient (Wildman–Crippen LogP) is 6.65. The SMILES string of the molecule is CCOc1ccc([C@H]2C(C(=O)Nc3ccccc3)=C(C)N=c3s/c(=C\c4cc(Br)c(Oc5ccc([N+](=O)[O-])cc5[N+](=O)[O-])c(OC)c4)c(=O)n32)cc1. The lowest BCUT2D eigenvalue weighted by molar-refractivity contribution is -0.394. The number of hydrogen-bond acceptors (Lipinski definition) is 11. The molecule has 1 atom stereocenters. The number of nitro benzene ring substituents is 2. The van der Waals surface area contributed by atoms with Crippen molar-refractivity contribution in [2.45, 2.75) is 19.9 Å². The van der Waals surface area contributed by atoms with E-state index in [0.717, 1.165) is 29.5 Å². The van der Waals surface area contributed by atoms with Gasteiger partial charge in [0.15, 0.2) is 16.3 Å². The molecule has 264 valence electrons. The van der Waals surface area contributed by atoms with Crippen molar-refractivity contribution in [3.8, 4) is 23.0 Å². The van der Waals surface area contributed by atoms with Gasteiger partial charge >= 0.3 is 5.69 Å². The van der Waals surface area contributed by atoms with Gasteiger partial charge in [0, 0.05) is 11.8 Å². The number of benzene rings is 4. The van der Waals surface area contributed by atoms with Crippen molar-refractivity contribution in [2.75, 3.05) is 19.0 Å². The number of hydrogen-bond donors (Lipinski definition) is 1. The Kier molecular flexibility index (Phi) is 10.3. The van der Waals surface area contributed by atoms with Gasteiger partial charge in [0.2, 0.25) is 5.75 Å². The Morgan fingerprint density at radius 2 is 1.75 bits per heavy atom. The highest BCUT2D eigenvalue weighted by atomic mass is 79.9. The molecular formula is C36H28BrN5O9S. The second-order valence-corrected chi connectivity index (χ2v) is 13.1. The molecule has 5 aromatic rings. The zero-order valence-electron chi connectivity index (χ0n) is 27.7. The molecule has 1 amide bonds. The standard InChI is InChI=1S/C36H28BrN5O9S/c1-4-50-25-13-10-22(11-14-25)32-31(34(43)39-23-8-6-5-7-9-23)20(2)38-36-40(32)35(44)30(52-36)18-21-16-26(37)33(29(17-21)49-3)51-28-15-12-24(41(45)46)19-27(28)42(47)48/h5-19,32H,4H2,1-3H3,(H,39,43)/b30-18-/t32-/m0/s1. The Morgan fingerprint density at radius 3 is 2.40 bits per heavy atom. The smallest absolute Gasteiger partial charge is 0.318 e. The van der Waals surface area contributed by atoms with Crippen LogP contribution in [0.1, 0.15) is 31.0 Å². The highest BCUT2D eigenvalue weighted by Gasteiger charge is 2.33. The van der Waals surface area contributed by atoms with Gasteiger partial charge in [-0.3, -0.25) is 34.4 Å². The number of ether oxygens (including phenoxy) is 3. The van der Waals surface area contributed by atoms with Crippen molar-refractivity contribution in [3.05, 3.63) is 152 Å². The Bertz CT molecular complexity index is 2450. The van der Waals surface area contributed by atoms with E-state index in [-0.39, 0.29) is 17.2 Å². The van der Waals surface area contributed by atoms with Gasteiger partial charge in [-0.2, -0.15) is 0 Å². The third-order valence-corrected chi connectivity index (χ3v) is 9.49. The van der Waals surface area contributed by atoms with Crippen LogP contribution in [0.25, 0.3) is 6.08 Å². The maximum atomic E-state index is 14.3. The van der Waals surface area contributed by atoms with E-state index in [1.54, 1.807) is 61.5 Å². The van der Waals surface area contributed by atoms with Crippen LogP contribution < -0.4 is 34.4 Å². The number of para-hydroxylation sites is 1. The van der Waals surface area contributed by atoms with Crippen molar-refractivity contribution < 1.29 is 28.9 Å². The number of aromatic nitrogens is 1. The molecule has 0 saturated heterocycles. The maximum Gasteiger partial charge on any atom is 0.318 e. The summed E-state index contributed by atoms with van der Waals surface area (Å²) in [7, 11) is 1.37. The molecule has 1 aliphatic heterocycles. The van der Waals surface area contributed by atoms with E-state index in [9.17, 15) is 29.8 Å². The normalized spacial score (nSPS) is 13.9. The minimum Gasteiger partial charge on any atom is -0.494 e. The quantitative estimate of drug-likeness (QED) is 0.113. The Labute approximate surface area is 307 Å². The Balaban J connectivity index is 1.43. The second-order valence-electron chi connectivity index (χ2n) is 11.2. The lowest BCUT2D eigenvalue weighted by Crippen LogP contribution is -2.40. The average molecular weight is 787 g/mol. The highest BCUT2D eigenvalue weighted by Crippen LogP contribution is 2.43. The number of allylic oxidation sites excluding steroid dienone is 1. The number of carbonyl (C=O) groups excluding carboxylic acids is 1. The van der Waals surface area contributed by atoms with Crippen molar-refractivity contribution >= 4 is 56.3 Å². The third-order valence-electron chi connectivity index (χ3n) is 7.92. The van der Waals surface area contributed by atoms with Gasteiger partial charge in [-0.25, -0.2) is 4.99 Å². The maximum absolute atomic E-state index is 14.3. The number of rotatable bonds is 11. The number of carbonyl (C=O) groups is 1. The van der Waals surface area contributed by atoms with Gasteiger partial charge in [-0.1, -0.05) is 41.7 Å². The fourth-order valence-electron chi connectivity index (χ4n) is 5.59. The van der Waals surface area contributed by atoms with E-state index in [4.69, 9.17) is 19.2 Å². The zero-order valence-corrected chi connectivity index (χ0v) is 30.1. The van der Waals surface area contributed by atoms with Crippen LogP contribution in [-0.2, 0) is 4.79 Å². The number of methoxy groups -OCH3 is 1. The van der Waals surface area contributed by atoms with Gasteiger partial charge in [-0.05, 0) is 89.4 Å². The van der Waals surface area contributed by atoms with Crippen LogP contribution in [0, 0.1) is 20.2 Å². The van der Waals surface area contributed by atoms with Crippen molar-refractivity contribution in [2.24, 2.45) is 4.99 Å². The molecule has 6 rings (SSSR count). The Hall–Kier alpha value is -6.13. The van der Waals surface area contributed by atoms with Crippen molar-refractivity contribution in [3.63, 3.8) is 0 Å². The molecule has 4 aromatic carbocycles. The lowest BCUT2D eigenvalue weighted by atomic mass is 9.95. The highest BCUT2D eigenvalue weighted by molar-refractivity contribution is 9.10. The van der Waals surface area contributed by atoms with E-state index in [1.165, 1.54) is 11.7 Å². The topological polar surface area (TPSA) is 177 Å². The number of amides is 1. The van der Waals surface area contributed by atoms with Crippen LogP contribution in [0.2, 0.25) is 0 Å². The van der Waals surface area contributed by atoms with Crippen LogP contribution >= 0.6 is 27.3 Å². The van der Waals surface area contributed by atoms with Gasteiger partial charge in [0.25, 0.3) is 17.2 Å². The number of anilines is 1. The number of nitrogens with zero attached hydrogens (tertiary/aromatic N) is 4. The number of fused-ring (bicyclic) bond motifs is 1. The minimum absolute atomic E-state index is 0.0678. The summed E-state index contributed by atoms with van der Waals surface area (Å²) in [5.41, 5.74) is 1.06. The van der Waals surface area contributed by atoms with Crippen molar-refractivity contribution in [1.82, 2.24) is 4.57 Å². The van der Waals surface area contributed by atoms with Crippen LogP contribution in [0.3, 0.4) is 0 Å². The van der Waals surface area contributed by atoms with E-state index in [2.05, 4.69) is 21.2 Å². The number of nitrogens with one attached hydrogen (secondary N) is 1. The average Bonchev–Trinajstić information content (AvgIpc) is 3.42. The first-order chi connectivity index (χ1) is 25.0. The molecule has 2 heterocycles. The first kappa shape index (κ1) is 35.7.